The maximum Gasteiger partial charge on any atom is 0.254 e. The molecule has 0 N–H and O–H groups in total. The summed E-state index contributed by atoms with van der Waals surface area (Å²) in [6.07, 6.45) is 4.97. The van der Waals surface area contributed by atoms with Gasteiger partial charge in [0.1, 0.15) is 0 Å². The van der Waals surface area contributed by atoms with Gasteiger partial charge in [-0.05, 0) is 42.9 Å². The molecule has 0 fully saturated rings. The average Bonchev–Trinajstić information content (AvgIpc) is 2.94. The Bertz CT molecular complexity index is 766. The number of aryl methyl sites for hydroxylation is 1. The molecule has 0 radical (unpaired) electrons. The topological polar surface area (TPSA) is 38.1 Å². The second kappa shape index (κ2) is 6.60. The summed E-state index contributed by atoms with van der Waals surface area (Å²) in [5, 5.41) is 5.03. The van der Waals surface area contributed by atoms with Crippen molar-refractivity contribution >= 4 is 17.5 Å². The highest BCUT2D eigenvalue weighted by Crippen LogP contribution is 2.34. The van der Waals surface area contributed by atoms with Crippen molar-refractivity contribution in [1.82, 2.24) is 14.7 Å². The molecule has 0 unspecified atom stereocenters. The lowest BCUT2D eigenvalue weighted by atomic mass is 9.91. The molecular weight excluding hydrogens is 322 g/mol. The Kier molecular flexibility index (Phi) is 4.68. The largest absolute Gasteiger partial charge is 0.335 e. The van der Waals surface area contributed by atoms with E-state index in [1.165, 1.54) is 11.3 Å². The SMILES string of the molecule is CC(C)c1ccc(C(=O)N(C)[C@H]2CCCc3c2cnn3C)cc1Cl. The van der Waals surface area contributed by atoms with Crippen LogP contribution in [0, 0.1) is 0 Å². The molecule has 24 heavy (non-hydrogen) atoms. The van der Waals surface area contributed by atoms with E-state index in [4.69, 9.17) is 11.6 Å². The van der Waals surface area contributed by atoms with Crippen LogP contribution < -0.4 is 0 Å². The van der Waals surface area contributed by atoms with E-state index in [1.54, 1.807) is 6.07 Å². The molecule has 0 saturated heterocycles. The van der Waals surface area contributed by atoms with Gasteiger partial charge in [-0.3, -0.25) is 9.48 Å². The van der Waals surface area contributed by atoms with E-state index < -0.39 is 0 Å². The molecule has 5 heteroatoms. The summed E-state index contributed by atoms with van der Waals surface area (Å²) in [5.41, 5.74) is 4.12. The van der Waals surface area contributed by atoms with Crippen molar-refractivity contribution in [3.8, 4) is 0 Å². The second-order valence-corrected chi connectivity index (χ2v) is 7.29. The van der Waals surface area contributed by atoms with E-state index in [-0.39, 0.29) is 11.9 Å². The van der Waals surface area contributed by atoms with Crippen LogP contribution in [-0.2, 0) is 13.5 Å². The third kappa shape index (κ3) is 2.95. The molecule has 1 heterocycles. The molecule has 1 aromatic carbocycles. The molecular formula is C19H24ClN3O. The minimum absolute atomic E-state index is 0.00825. The fourth-order valence-corrected chi connectivity index (χ4v) is 3.96. The Morgan fingerprint density at radius 3 is 2.83 bits per heavy atom. The van der Waals surface area contributed by atoms with Gasteiger partial charge in [0.05, 0.1) is 12.2 Å². The van der Waals surface area contributed by atoms with Gasteiger partial charge in [-0.25, -0.2) is 0 Å². The molecule has 0 saturated carbocycles. The van der Waals surface area contributed by atoms with Crippen LogP contribution in [0.4, 0.5) is 0 Å². The zero-order valence-corrected chi connectivity index (χ0v) is 15.5. The second-order valence-electron chi connectivity index (χ2n) is 6.89. The van der Waals surface area contributed by atoms with Crippen molar-refractivity contribution in [3.63, 3.8) is 0 Å². The Morgan fingerprint density at radius 2 is 2.17 bits per heavy atom. The molecule has 2 aromatic rings. The van der Waals surface area contributed by atoms with Gasteiger partial charge in [-0.2, -0.15) is 5.10 Å². The van der Waals surface area contributed by atoms with Crippen molar-refractivity contribution in [2.45, 2.75) is 45.1 Å². The lowest BCUT2D eigenvalue weighted by Crippen LogP contribution is -2.33. The zero-order chi connectivity index (χ0) is 17.4. The zero-order valence-electron chi connectivity index (χ0n) is 14.7. The third-order valence-corrected chi connectivity index (χ3v) is 5.33. The van der Waals surface area contributed by atoms with Crippen LogP contribution in [0.15, 0.2) is 24.4 Å². The average molecular weight is 346 g/mol. The fourth-order valence-electron chi connectivity index (χ4n) is 3.56. The minimum atomic E-state index is 0.00825. The minimum Gasteiger partial charge on any atom is -0.335 e. The standard InChI is InChI=1S/C19H24ClN3O/c1-12(2)14-9-8-13(10-16(14)20)19(24)22(3)17-6-5-7-18-15(17)11-21-23(18)4/h8-12,17H,5-7H2,1-4H3/t17-/m0/s1. The number of nitrogens with zero attached hydrogens (tertiary/aromatic N) is 3. The summed E-state index contributed by atoms with van der Waals surface area (Å²) in [6.45, 7) is 4.20. The lowest BCUT2D eigenvalue weighted by Gasteiger charge is -2.31. The first-order valence-corrected chi connectivity index (χ1v) is 8.85. The van der Waals surface area contributed by atoms with Gasteiger partial charge in [-0.15, -0.1) is 0 Å². The summed E-state index contributed by atoms with van der Waals surface area (Å²) in [7, 11) is 3.84. The van der Waals surface area contributed by atoms with Gasteiger partial charge in [-0.1, -0.05) is 31.5 Å². The van der Waals surface area contributed by atoms with Crippen LogP contribution in [0.1, 0.15) is 65.8 Å². The molecule has 4 nitrogen and oxygen atoms in total. The lowest BCUT2D eigenvalue weighted by molar-refractivity contribution is 0.0714. The highest BCUT2D eigenvalue weighted by Gasteiger charge is 2.29. The number of benzene rings is 1. The molecule has 128 valence electrons. The summed E-state index contributed by atoms with van der Waals surface area (Å²) in [6, 6.07) is 5.72. The van der Waals surface area contributed by atoms with Crippen LogP contribution in [0.25, 0.3) is 0 Å². The van der Waals surface area contributed by atoms with Crippen LogP contribution in [0.2, 0.25) is 5.02 Å². The molecule has 0 bridgehead atoms. The first kappa shape index (κ1) is 17.0. The molecule has 1 amide bonds. The van der Waals surface area contributed by atoms with Gasteiger partial charge in [0, 0.05) is 35.9 Å². The number of amides is 1. The number of carbonyl (C=O) groups excluding carboxylic acids is 1. The monoisotopic (exact) mass is 345 g/mol. The van der Waals surface area contributed by atoms with Gasteiger partial charge in [0.2, 0.25) is 0 Å². The molecule has 1 aliphatic rings. The normalized spacial score (nSPS) is 17.0. The van der Waals surface area contributed by atoms with Gasteiger partial charge in [0.15, 0.2) is 0 Å². The molecule has 0 aliphatic heterocycles. The number of fused-ring (bicyclic) bond motifs is 1. The van der Waals surface area contributed by atoms with Crippen LogP contribution >= 0.6 is 11.6 Å². The number of rotatable bonds is 3. The van der Waals surface area contributed by atoms with Gasteiger partial charge in [0.25, 0.3) is 5.91 Å². The van der Waals surface area contributed by atoms with Crippen molar-refractivity contribution in [2.24, 2.45) is 7.05 Å². The highest BCUT2D eigenvalue weighted by atomic mass is 35.5. The molecule has 1 atom stereocenters. The Hall–Kier alpha value is -1.81. The highest BCUT2D eigenvalue weighted by molar-refractivity contribution is 6.31. The molecule has 3 rings (SSSR count). The number of hydrogen-bond donors (Lipinski definition) is 0. The van der Waals surface area contributed by atoms with Gasteiger partial charge >= 0.3 is 0 Å². The quantitative estimate of drug-likeness (QED) is 0.829. The third-order valence-electron chi connectivity index (χ3n) is 5.00. The van der Waals surface area contributed by atoms with Gasteiger partial charge < -0.3 is 4.90 Å². The summed E-state index contributed by atoms with van der Waals surface area (Å²) in [4.78, 5) is 14.8. The van der Waals surface area contributed by atoms with Crippen molar-refractivity contribution in [2.75, 3.05) is 7.05 Å². The predicted molar refractivity (Wildman–Crippen MR) is 96.5 cm³/mol. The number of aromatic nitrogens is 2. The smallest absolute Gasteiger partial charge is 0.254 e. The number of hydrogen-bond acceptors (Lipinski definition) is 2. The van der Waals surface area contributed by atoms with E-state index in [0.717, 1.165) is 24.8 Å². The fraction of sp³-hybridized carbons (Fsp3) is 0.474. The predicted octanol–water partition coefficient (Wildman–Crippen LogP) is 4.35. The first-order chi connectivity index (χ1) is 11.4. The van der Waals surface area contributed by atoms with E-state index in [2.05, 4.69) is 18.9 Å². The van der Waals surface area contributed by atoms with Crippen LogP contribution in [0.3, 0.4) is 0 Å². The van der Waals surface area contributed by atoms with E-state index in [9.17, 15) is 4.79 Å². The maximum atomic E-state index is 12.9. The summed E-state index contributed by atoms with van der Waals surface area (Å²) < 4.78 is 1.92. The summed E-state index contributed by atoms with van der Waals surface area (Å²) in [5.74, 6) is 0.351. The molecule has 1 aliphatic carbocycles. The maximum absolute atomic E-state index is 12.9. The van der Waals surface area contributed by atoms with Crippen LogP contribution in [-0.4, -0.2) is 27.6 Å². The number of carbonyl (C=O) groups is 1. The Balaban J connectivity index is 1.87. The summed E-state index contributed by atoms with van der Waals surface area (Å²) >= 11 is 6.36. The van der Waals surface area contributed by atoms with Crippen molar-refractivity contribution in [1.29, 1.82) is 0 Å². The first-order valence-electron chi connectivity index (χ1n) is 8.47. The Morgan fingerprint density at radius 1 is 1.42 bits per heavy atom. The van der Waals surface area contributed by atoms with Crippen molar-refractivity contribution < 1.29 is 4.79 Å². The van der Waals surface area contributed by atoms with E-state index >= 15 is 0 Å². The molecule has 0 spiro atoms. The number of halogens is 1. The van der Waals surface area contributed by atoms with E-state index in [0.29, 0.717) is 16.5 Å². The molecule has 1 aromatic heterocycles. The van der Waals surface area contributed by atoms with Crippen LogP contribution in [0.5, 0.6) is 0 Å². The van der Waals surface area contributed by atoms with Crippen molar-refractivity contribution in [3.05, 3.63) is 51.8 Å². The Labute approximate surface area is 148 Å². The van der Waals surface area contributed by atoms with E-state index in [1.807, 2.05) is 42.0 Å².